The third-order valence-corrected chi connectivity index (χ3v) is 5.56. The van der Waals surface area contributed by atoms with E-state index in [0.29, 0.717) is 5.90 Å². The van der Waals surface area contributed by atoms with Crippen LogP contribution in [0.25, 0.3) is 0 Å². The number of hydrogen-bond acceptors (Lipinski definition) is 6. The van der Waals surface area contributed by atoms with E-state index in [2.05, 4.69) is 4.99 Å². The highest BCUT2D eigenvalue weighted by Crippen LogP contribution is 2.25. The van der Waals surface area contributed by atoms with Gasteiger partial charge in [0, 0.05) is 5.56 Å². The van der Waals surface area contributed by atoms with Gasteiger partial charge in [0.2, 0.25) is 5.90 Å². The van der Waals surface area contributed by atoms with E-state index in [1.54, 1.807) is 12.1 Å². The van der Waals surface area contributed by atoms with Crippen LogP contribution in [-0.2, 0) is 19.0 Å². The van der Waals surface area contributed by atoms with Gasteiger partial charge in [0.05, 0.1) is 18.1 Å². The first-order valence-electron chi connectivity index (χ1n) is 8.21. The molecule has 0 aliphatic carbocycles. The van der Waals surface area contributed by atoms with Gasteiger partial charge >= 0.3 is 0 Å². The van der Waals surface area contributed by atoms with Crippen LogP contribution in [0.1, 0.15) is 16.7 Å². The summed E-state index contributed by atoms with van der Waals surface area (Å²) in [5, 5.41) is 9.79. The van der Waals surface area contributed by atoms with Crippen molar-refractivity contribution in [3.63, 3.8) is 0 Å². The van der Waals surface area contributed by atoms with Gasteiger partial charge in [-0.3, -0.25) is 4.18 Å². The van der Waals surface area contributed by atoms with E-state index in [1.807, 2.05) is 38.1 Å². The lowest BCUT2D eigenvalue weighted by molar-refractivity contribution is 0.110. The van der Waals surface area contributed by atoms with E-state index >= 15 is 0 Å². The number of aliphatic hydroxyl groups excluding tert-OH is 1. The zero-order valence-electron chi connectivity index (χ0n) is 14.7. The maximum Gasteiger partial charge on any atom is 0.297 e. The van der Waals surface area contributed by atoms with E-state index < -0.39 is 15.7 Å². The Hall–Kier alpha value is -2.22. The number of aliphatic imine (C=N–C) groups is 1. The lowest BCUT2D eigenvalue weighted by Gasteiger charge is -2.20. The molecule has 1 heterocycles. The van der Waals surface area contributed by atoms with Crippen LogP contribution in [0.2, 0.25) is 0 Å². The number of aliphatic hydroxyl groups is 1. The average Bonchev–Trinajstić information content (AvgIpc) is 3.06. The van der Waals surface area contributed by atoms with E-state index in [-0.39, 0.29) is 24.7 Å². The average molecular weight is 375 g/mol. The molecule has 6 nitrogen and oxygen atoms in total. The van der Waals surface area contributed by atoms with Crippen molar-refractivity contribution in [2.75, 3.05) is 19.8 Å². The Morgan fingerprint density at radius 2 is 1.85 bits per heavy atom. The number of benzene rings is 2. The fraction of sp³-hybridized carbons (Fsp3) is 0.316. The minimum absolute atomic E-state index is 0.0522. The van der Waals surface area contributed by atoms with Gasteiger partial charge < -0.3 is 9.84 Å². The fourth-order valence-electron chi connectivity index (χ4n) is 2.59. The van der Waals surface area contributed by atoms with E-state index in [1.165, 1.54) is 12.1 Å². The second-order valence-corrected chi connectivity index (χ2v) is 8.05. The van der Waals surface area contributed by atoms with Crippen LogP contribution in [0.15, 0.2) is 58.4 Å². The maximum atomic E-state index is 12.4. The van der Waals surface area contributed by atoms with Gasteiger partial charge in [-0.15, -0.1) is 0 Å². The molecular weight excluding hydrogens is 354 g/mol. The first-order valence-corrected chi connectivity index (χ1v) is 9.62. The summed E-state index contributed by atoms with van der Waals surface area (Å²) in [6.45, 7) is 3.17. The Morgan fingerprint density at radius 1 is 1.15 bits per heavy atom. The predicted molar refractivity (Wildman–Crippen MR) is 97.8 cm³/mol. The summed E-state index contributed by atoms with van der Waals surface area (Å²) < 4.78 is 35.5. The largest absolute Gasteiger partial charge is 0.475 e. The first kappa shape index (κ1) is 18.6. The van der Waals surface area contributed by atoms with E-state index in [0.717, 1.165) is 16.7 Å². The lowest BCUT2D eigenvalue weighted by Crippen LogP contribution is -2.39. The number of rotatable bonds is 6. The molecule has 1 atom stereocenters. The molecule has 1 N–H and O–H groups in total. The highest BCUT2D eigenvalue weighted by molar-refractivity contribution is 7.86. The molecule has 0 bridgehead atoms. The summed E-state index contributed by atoms with van der Waals surface area (Å²) in [4.78, 5) is 4.50. The smallest absolute Gasteiger partial charge is 0.297 e. The van der Waals surface area contributed by atoms with Crippen molar-refractivity contribution in [1.29, 1.82) is 0 Å². The van der Waals surface area contributed by atoms with Gasteiger partial charge in [-0.1, -0.05) is 35.9 Å². The van der Waals surface area contributed by atoms with Crippen LogP contribution in [0.5, 0.6) is 0 Å². The van der Waals surface area contributed by atoms with Crippen molar-refractivity contribution < 1.29 is 22.4 Å². The molecular formula is C19H21NO5S. The maximum absolute atomic E-state index is 12.4. The van der Waals surface area contributed by atoms with Gasteiger partial charge in [-0.2, -0.15) is 8.42 Å². The topological polar surface area (TPSA) is 85.2 Å². The Labute approximate surface area is 153 Å². The molecule has 0 saturated heterocycles. The quantitative estimate of drug-likeness (QED) is 0.783. The molecule has 0 aromatic heterocycles. The zero-order valence-corrected chi connectivity index (χ0v) is 15.5. The number of ether oxygens (including phenoxy) is 1. The minimum atomic E-state index is -3.94. The molecule has 0 radical (unpaired) electrons. The summed E-state index contributed by atoms with van der Waals surface area (Å²) in [6.07, 6.45) is 0. The molecule has 0 fully saturated rings. The van der Waals surface area contributed by atoms with Crippen LogP contribution in [0, 0.1) is 13.8 Å². The molecule has 3 rings (SSSR count). The molecule has 0 saturated carbocycles. The fourth-order valence-corrected chi connectivity index (χ4v) is 3.57. The normalized spacial score (nSPS) is 19.9. The van der Waals surface area contributed by atoms with Gasteiger partial charge in [0.15, 0.2) is 0 Å². The molecule has 138 valence electrons. The molecule has 2 aromatic carbocycles. The highest BCUT2D eigenvalue weighted by atomic mass is 32.2. The van der Waals surface area contributed by atoms with Gasteiger partial charge in [0.1, 0.15) is 12.1 Å². The Morgan fingerprint density at radius 3 is 2.50 bits per heavy atom. The van der Waals surface area contributed by atoms with Crippen LogP contribution < -0.4 is 0 Å². The second kappa shape index (κ2) is 7.19. The lowest BCUT2D eigenvalue weighted by atomic mass is 10.1. The molecule has 1 aliphatic rings. The number of nitrogens with zero attached hydrogens (tertiary/aromatic N) is 1. The predicted octanol–water partition coefficient (Wildman–Crippen LogP) is 2.22. The van der Waals surface area contributed by atoms with Gasteiger partial charge in [0.25, 0.3) is 10.1 Å². The standard InChI is InChI=1S/C19H21NO5S/c1-14-7-9-16(10-8-14)26(22,23)25-13-19(11-21)12-24-18(20-19)17-6-4-3-5-15(17)2/h3-10,21H,11-13H2,1-2H3. The minimum Gasteiger partial charge on any atom is -0.475 e. The molecule has 0 spiro atoms. The van der Waals surface area contributed by atoms with E-state index in [9.17, 15) is 13.5 Å². The van der Waals surface area contributed by atoms with Gasteiger partial charge in [-0.25, -0.2) is 4.99 Å². The second-order valence-electron chi connectivity index (χ2n) is 6.43. The Bertz CT molecular complexity index is 921. The Kier molecular flexibility index (Phi) is 5.13. The number of hydrogen-bond donors (Lipinski definition) is 1. The third-order valence-electron chi connectivity index (χ3n) is 4.28. The van der Waals surface area contributed by atoms with Crippen molar-refractivity contribution >= 4 is 16.0 Å². The first-order chi connectivity index (χ1) is 12.4. The zero-order chi connectivity index (χ0) is 18.8. The van der Waals surface area contributed by atoms with Crippen molar-refractivity contribution in [1.82, 2.24) is 0 Å². The molecule has 1 aliphatic heterocycles. The molecule has 26 heavy (non-hydrogen) atoms. The number of aryl methyl sites for hydroxylation is 2. The Balaban J connectivity index is 1.79. The summed E-state index contributed by atoms with van der Waals surface area (Å²) in [5.41, 5.74) is 1.60. The van der Waals surface area contributed by atoms with Crippen LogP contribution >= 0.6 is 0 Å². The summed E-state index contributed by atoms with van der Waals surface area (Å²) in [6, 6.07) is 13.9. The summed E-state index contributed by atoms with van der Waals surface area (Å²) in [7, 11) is -3.94. The highest BCUT2D eigenvalue weighted by Gasteiger charge is 2.39. The SMILES string of the molecule is Cc1ccc(S(=O)(=O)OCC2(CO)COC(c3ccccc3C)=N2)cc1. The molecule has 1 unspecified atom stereocenters. The molecule has 7 heteroatoms. The van der Waals surface area contributed by atoms with Crippen LogP contribution in [-0.4, -0.2) is 44.8 Å². The monoisotopic (exact) mass is 375 g/mol. The van der Waals surface area contributed by atoms with Crippen molar-refractivity contribution in [3.05, 3.63) is 65.2 Å². The van der Waals surface area contributed by atoms with Crippen LogP contribution in [0.4, 0.5) is 0 Å². The van der Waals surface area contributed by atoms with Crippen molar-refractivity contribution in [2.24, 2.45) is 4.99 Å². The summed E-state index contributed by atoms with van der Waals surface area (Å²) >= 11 is 0. The van der Waals surface area contributed by atoms with E-state index in [4.69, 9.17) is 8.92 Å². The molecule has 2 aromatic rings. The summed E-state index contributed by atoms with van der Waals surface area (Å²) in [5.74, 6) is 0.383. The third kappa shape index (κ3) is 3.80. The van der Waals surface area contributed by atoms with Crippen molar-refractivity contribution in [2.45, 2.75) is 24.3 Å². The van der Waals surface area contributed by atoms with Gasteiger partial charge in [-0.05, 0) is 37.6 Å². The van der Waals surface area contributed by atoms with Crippen LogP contribution in [0.3, 0.4) is 0 Å². The molecule has 0 amide bonds. The van der Waals surface area contributed by atoms with Crippen molar-refractivity contribution in [3.8, 4) is 0 Å².